The van der Waals surface area contributed by atoms with Crippen LogP contribution in [0.25, 0.3) is 11.3 Å². The minimum Gasteiger partial charge on any atom is -0.507 e. The molecule has 0 atom stereocenters. The molecule has 1 aromatic heterocycles. The van der Waals surface area contributed by atoms with Crippen LogP contribution in [0, 0.1) is 6.92 Å². The SMILES string of the molecule is CCC(=O)c1cc(C)cc(-c2ccccc2O)n1. The van der Waals surface area contributed by atoms with Gasteiger partial charge in [-0.1, -0.05) is 19.1 Å². The number of rotatable bonds is 3. The third-order valence-corrected chi connectivity index (χ3v) is 2.76. The summed E-state index contributed by atoms with van der Waals surface area (Å²) in [5.41, 5.74) is 2.69. The lowest BCUT2D eigenvalue weighted by atomic mass is 10.1. The van der Waals surface area contributed by atoms with Gasteiger partial charge >= 0.3 is 0 Å². The predicted octanol–water partition coefficient (Wildman–Crippen LogP) is 3.36. The van der Waals surface area contributed by atoms with Crippen LogP contribution in [-0.2, 0) is 0 Å². The summed E-state index contributed by atoms with van der Waals surface area (Å²) in [6.45, 7) is 3.73. The second-order valence-corrected chi connectivity index (χ2v) is 4.21. The zero-order valence-electron chi connectivity index (χ0n) is 10.5. The smallest absolute Gasteiger partial charge is 0.180 e. The summed E-state index contributed by atoms with van der Waals surface area (Å²) < 4.78 is 0. The molecule has 3 heteroatoms. The van der Waals surface area contributed by atoms with Crippen LogP contribution in [0.15, 0.2) is 36.4 Å². The minimum absolute atomic E-state index is 0.00960. The molecule has 0 aliphatic carbocycles. The highest BCUT2D eigenvalue weighted by Crippen LogP contribution is 2.28. The van der Waals surface area contributed by atoms with Gasteiger partial charge in [0.05, 0.1) is 5.69 Å². The zero-order valence-corrected chi connectivity index (χ0v) is 10.5. The van der Waals surface area contributed by atoms with Crippen molar-refractivity contribution in [2.24, 2.45) is 0 Å². The van der Waals surface area contributed by atoms with Gasteiger partial charge in [-0.05, 0) is 36.8 Å². The molecule has 18 heavy (non-hydrogen) atoms. The molecule has 0 fully saturated rings. The number of Topliss-reactive ketones (excluding diaryl/α,β-unsaturated/α-hetero) is 1. The topological polar surface area (TPSA) is 50.2 Å². The van der Waals surface area contributed by atoms with Crippen LogP contribution in [0.5, 0.6) is 5.75 Å². The summed E-state index contributed by atoms with van der Waals surface area (Å²) >= 11 is 0. The van der Waals surface area contributed by atoms with E-state index in [1.54, 1.807) is 24.3 Å². The van der Waals surface area contributed by atoms with Gasteiger partial charge in [-0.3, -0.25) is 4.79 Å². The van der Waals surface area contributed by atoms with Crippen LogP contribution in [0.1, 0.15) is 29.4 Å². The number of aryl methyl sites for hydroxylation is 1. The lowest BCUT2D eigenvalue weighted by molar-refractivity contribution is 0.0983. The van der Waals surface area contributed by atoms with E-state index in [-0.39, 0.29) is 11.5 Å². The second-order valence-electron chi connectivity index (χ2n) is 4.21. The molecule has 0 radical (unpaired) electrons. The molecule has 0 saturated heterocycles. The molecule has 1 heterocycles. The van der Waals surface area contributed by atoms with E-state index in [9.17, 15) is 9.90 Å². The van der Waals surface area contributed by atoms with Crippen molar-refractivity contribution >= 4 is 5.78 Å². The number of hydrogen-bond acceptors (Lipinski definition) is 3. The zero-order chi connectivity index (χ0) is 13.1. The third kappa shape index (κ3) is 2.40. The molecule has 1 aromatic carbocycles. The molecule has 0 bridgehead atoms. The fourth-order valence-electron chi connectivity index (χ4n) is 1.82. The largest absolute Gasteiger partial charge is 0.507 e. The molecule has 0 aliphatic heterocycles. The number of hydrogen-bond donors (Lipinski definition) is 1. The molecule has 0 aliphatic rings. The number of pyridine rings is 1. The molecule has 2 aromatic rings. The number of para-hydroxylation sites is 1. The molecule has 3 nitrogen and oxygen atoms in total. The van der Waals surface area contributed by atoms with E-state index in [4.69, 9.17) is 0 Å². The number of phenolic OH excluding ortho intramolecular Hbond substituents is 1. The highest BCUT2D eigenvalue weighted by atomic mass is 16.3. The average Bonchev–Trinajstić information content (AvgIpc) is 2.37. The lowest BCUT2D eigenvalue weighted by Gasteiger charge is -2.07. The maximum Gasteiger partial charge on any atom is 0.180 e. The molecule has 0 saturated carbocycles. The summed E-state index contributed by atoms with van der Waals surface area (Å²) in [6, 6.07) is 10.6. The minimum atomic E-state index is 0.00960. The molecule has 1 N–H and O–H groups in total. The van der Waals surface area contributed by atoms with Crippen molar-refractivity contribution < 1.29 is 9.90 Å². The van der Waals surface area contributed by atoms with Crippen molar-refractivity contribution in [2.45, 2.75) is 20.3 Å². The fourth-order valence-corrected chi connectivity index (χ4v) is 1.82. The number of phenols is 1. The maximum atomic E-state index is 11.7. The van der Waals surface area contributed by atoms with Gasteiger partial charge in [0.2, 0.25) is 0 Å². The number of ketones is 1. The molecular formula is C15H15NO2. The Bertz CT molecular complexity index is 591. The van der Waals surface area contributed by atoms with Crippen molar-refractivity contribution in [2.75, 3.05) is 0 Å². The maximum absolute atomic E-state index is 11.7. The lowest BCUT2D eigenvalue weighted by Crippen LogP contribution is -2.02. The van der Waals surface area contributed by atoms with E-state index in [0.29, 0.717) is 23.4 Å². The van der Waals surface area contributed by atoms with Gasteiger partial charge in [0.1, 0.15) is 11.4 Å². The summed E-state index contributed by atoms with van der Waals surface area (Å²) in [6.07, 6.45) is 0.427. The van der Waals surface area contributed by atoms with Crippen molar-refractivity contribution in [1.29, 1.82) is 0 Å². The Kier molecular flexibility index (Phi) is 3.42. The first-order chi connectivity index (χ1) is 8.61. The van der Waals surface area contributed by atoms with Gasteiger partial charge in [-0.2, -0.15) is 0 Å². The van der Waals surface area contributed by atoms with Crippen LogP contribution < -0.4 is 0 Å². The Hall–Kier alpha value is -2.16. The van der Waals surface area contributed by atoms with Crippen LogP contribution in [-0.4, -0.2) is 15.9 Å². The number of benzene rings is 1. The monoisotopic (exact) mass is 241 g/mol. The van der Waals surface area contributed by atoms with E-state index >= 15 is 0 Å². The van der Waals surface area contributed by atoms with Crippen molar-refractivity contribution in [3.05, 3.63) is 47.7 Å². The van der Waals surface area contributed by atoms with Crippen molar-refractivity contribution in [1.82, 2.24) is 4.98 Å². The van der Waals surface area contributed by atoms with Gasteiger partial charge in [0, 0.05) is 12.0 Å². The number of aromatic nitrogens is 1. The highest BCUT2D eigenvalue weighted by molar-refractivity contribution is 5.94. The normalized spacial score (nSPS) is 10.3. The van der Waals surface area contributed by atoms with E-state index in [2.05, 4.69) is 4.98 Å². The van der Waals surface area contributed by atoms with Crippen molar-refractivity contribution in [3.8, 4) is 17.0 Å². The Morgan fingerprint density at radius 1 is 1.28 bits per heavy atom. The quantitative estimate of drug-likeness (QED) is 0.838. The van der Waals surface area contributed by atoms with Crippen LogP contribution in [0.2, 0.25) is 0 Å². The number of aromatic hydroxyl groups is 1. The molecular weight excluding hydrogens is 226 g/mol. The van der Waals surface area contributed by atoms with Gasteiger partial charge in [0.15, 0.2) is 5.78 Å². The molecule has 0 amide bonds. The fraction of sp³-hybridized carbons (Fsp3) is 0.200. The third-order valence-electron chi connectivity index (χ3n) is 2.76. The van der Waals surface area contributed by atoms with Gasteiger partial charge in [-0.15, -0.1) is 0 Å². The average molecular weight is 241 g/mol. The van der Waals surface area contributed by atoms with E-state index in [0.717, 1.165) is 5.56 Å². The van der Waals surface area contributed by atoms with Gasteiger partial charge in [-0.25, -0.2) is 4.98 Å². The van der Waals surface area contributed by atoms with Gasteiger partial charge in [0.25, 0.3) is 0 Å². The highest BCUT2D eigenvalue weighted by Gasteiger charge is 2.10. The first-order valence-corrected chi connectivity index (χ1v) is 5.92. The van der Waals surface area contributed by atoms with Crippen LogP contribution in [0.3, 0.4) is 0 Å². The Morgan fingerprint density at radius 2 is 2.00 bits per heavy atom. The van der Waals surface area contributed by atoms with E-state index in [1.165, 1.54) is 0 Å². The Labute approximate surface area is 106 Å². The molecule has 0 unspecified atom stereocenters. The number of nitrogens with zero attached hydrogens (tertiary/aromatic N) is 1. The first kappa shape index (κ1) is 12.3. The van der Waals surface area contributed by atoms with Crippen molar-refractivity contribution in [3.63, 3.8) is 0 Å². The van der Waals surface area contributed by atoms with Crippen LogP contribution >= 0.6 is 0 Å². The number of carbonyl (C=O) groups excluding carboxylic acids is 1. The van der Waals surface area contributed by atoms with Crippen LogP contribution in [0.4, 0.5) is 0 Å². The van der Waals surface area contributed by atoms with E-state index < -0.39 is 0 Å². The standard InChI is InChI=1S/C15H15NO2/c1-3-14(17)13-9-10(2)8-12(16-13)11-6-4-5-7-15(11)18/h4-9,18H,3H2,1-2H3. The molecule has 2 rings (SSSR count). The number of carbonyl (C=O) groups is 1. The summed E-state index contributed by atoms with van der Waals surface area (Å²) in [5, 5.41) is 9.82. The Balaban J connectivity index is 2.55. The first-order valence-electron chi connectivity index (χ1n) is 5.92. The molecule has 0 spiro atoms. The predicted molar refractivity (Wildman–Crippen MR) is 70.7 cm³/mol. The van der Waals surface area contributed by atoms with E-state index in [1.807, 2.05) is 26.0 Å². The molecule has 92 valence electrons. The summed E-state index contributed by atoms with van der Waals surface area (Å²) in [4.78, 5) is 16.0. The van der Waals surface area contributed by atoms with Gasteiger partial charge < -0.3 is 5.11 Å². The summed E-state index contributed by atoms with van der Waals surface area (Å²) in [5.74, 6) is 0.181. The second kappa shape index (κ2) is 5.00. The Morgan fingerprint density at radius 3 is 2.67 bits per heavy atom. The summed E-state index contributed by atoms with van der Waals surface area (Å²) in [7, 11) is 0.